The van der Waals surface area contributed by atoms with Gasteiger partial charge in [0.2, 0.25) is 0 Å². The van der Waals surface area contributed by atoms with Gasteiger partial charge >= 0.3 is 11.9 Å². The fourth-order valence-electron chi connectivity index (χ4n) is 16.8. The van der Waals surface area contributed by atoms with E-state index in [2.05, 4.69) is 96.9 Å². The summed E-state index contributed by atoms with van der Waals surface area (Å²) in [4.78, 5) is 56.2. The number of carbonyl (C=O) groups is 4. The molecule has 15 heteroatoms. The molecule has 0 amide bonds. The van der Waals surface area contributed by atoms with Gasteiger partial charge in [0.1, 0.15) is 23.4 Å². The monoisotopic (exact) mass is 1340 g/mol. The number of rotatable bonds is 12. The third-order valence-corrected chi connectivity index (χ3v) is 23.3. The first-order chi connectivity index (χ1) is 44.6. The molecule has 2 aromatic rings. The molecule has 3 fully saturated rings. The number of benzene rings is 2. The van der Waals surface area contributed by atoms with Gasteiger partial charge in [-0.05, 0) is 155 Å². The van der Waals surface area contributed by atoms with E-state index in [4.69, 9.17) is 37.9 Å². The Hall–Kier alpha value is -4.16. The summed E-state index contributed by atoms with van der Waals surface area (Å²) in [5, 5.41) is 36.2. The highest BCUT2D eigenvalue weighted by atomic mass is 16.7. The number of hydrogen-bond donors (Lipinski definition) is 3. The van der Waals surface area contributed by atoms with E-state index in [1.165, 1.54) is 0 Å². The summed E-state index contributed by atoms with van der Waals surface area (Å²) in [5.74, 6) is -3.00. The first-order valence-corrected chi connectivity index (χ1v) is 36.6. The summed E-state index contributed by atoms with van der Waals surface area (Å²) >= 11 is 0. The van der Waals surface area contributed by atoms with Gasteiger partial charge in [-0.3, -0.25) is 19.2 Å². The van der Waals surface area contributed by atoms with Crippen molar-refractivity contribution in [1.29, 1.82) is 0 Å². The predicted octanol–water partition coefficient (Wildman–Crippen LogP) is 15.4. The van der Waals surface area contributed by atoms with Crippen LogP contribution < -0.4 is 0 Å². The fourth-order valence-corrected chi connectivity index (χ4v) is 16.8. The van der Waals surface area contributed by atoms with Crippen LogP contribution in [0, 0.1) is 81.3 Å². The minimum Gasteiger partial charge on any atom is -0.459 e. The largest absolute Gasteiger partial charge is 0.459 e. The Kier molecular flexibility index (Phi) is 28.2. The summed E-state index contributed by atoms with van der Waals surface area (Å²) in [7, 11) is 0. The summed E-state index contributed by atoms with van der Waals surface area (Å²) < 4.78 is 52.6. The normalized spacial score (nSPS) is 41.9. The molecule has 3 unspecified atom stereocenters. The van der Waals surface area contributed by atoms with Crippen LogP contribution in [0.5, 0.6) is 0 Å². The lowest BCUT2D eigenvalue weighted by Gasteiger charge is -2.49. The second-order valence-corrected chi connectivity index (χ2v) is 33.1. The number of carbonyl (C=O) groups excluding carboxylic acids is 4. The first-order valence-electron chi connectivity index (χ1n) is 36.6. The molecule has 0 radical (unpaired) electrons. The number of cyclic esters (lactones) is 2. The lowest BCUT2D eigenvalue weighted by Crippen LogP contribution is -2.54. The van der Waals surface area contributed by atoms with E-state index >= 15 is 0 Å². The number of ether oxygens (including phenoxy) is 8. The maximum atomic E-state index is 14.5. The molecule has 5 heterocycles. The molecule has 0 aliphatic carbocycles. The highest BCUT2D eigenvalue weighted by molar-refractivity contribution is 5.97. The highest BCUT2D eigenvalue weighted by Gasteiger charge is 2.52. The maximum Gasteiger partial charge on any atom is 0.311 e. The SMILES string of the molecule is CC[C@H]1OC(=O)[C@H](C)[C@@H](O)[C@H](C)[C@@H](OC2O[C@H](C)C[C@H](C)[C@H]2C)C(C)(C)C[C@@H](C)C(=O)/C(C)=C/[C@@]1(O)Cc1ccccc1.CC[C@H]1OC(=O)[C@H](C)[C@@H](OC2CC(C)(C)[C@@H](C)[C@H](C)O2)[C@H](C)[C@@H](OC2O[C@H](C)C[C@H](C)[C@H]2C)C(C)(C)C[C@@H](C)C(=O)/C(C)=C/[C@@]1(O)Cc1ccccc1. The van der Waals surface area contributed by atoms with Crippen molar-refractivity contribution in [2.24, 2.45) is 81.3 Å². The zero-order chi connectivity index (χ0) is 71.9. The van der Waals surface area contributed by atoms with Crippen LogP contribution in [-0.4, -0.2) is 124 Å². The van der Waals surface area contributed by atoms with Gasteiger partial charge in [0.05, 0.1) is 54.6 Å². The number of Topliss-reactive ketones (excluding diaryl/α,β-unsaturated/α-hetero) is 2. The molecule has 2 aromatic carbocycles. The predicted molar refractivity (Wildman–Crippen MR) is 377 cm³/mol. The standard InChI is InChI=1S/C45H72O8.C36H56O7/c1-15-36-45(48,24-35-19-17-16-18-20-35)23-28(4)38(46)27(3)22-44(13,14)40(53-42-30(6)26(2)21-29(5)49-42)31(7)39(32(8)41(47)51-36)52-37-25-43(11,12)33(9)34(10)50-37;1-11-29-36(40,20-28-15-13-12-14-16-28)19-23(4)30(37)22(3)18-35(9,10)32(26(7)31(38)27(8)33(39)42-29)43-34-25(6)21(2)17-24(5)41-34/h16-20,23,26-27,29-34,36-37,39-40,42,48H,15,21-22,24-25H2,1-14H3;12-16,19,21-22,24-27,29,31-32,34,38,40H,11,17-18,20H2,1-10H3/b28-23+;23-19+/t26-,27+,29+,30+,31-,32+,33-,34-,36+,37?,39-,40+,42?,45+;21-,22+,24+,25+,26-,27+,29+,31-,32+,34?,36+/m00/s1. The Balaban J connectivity index is 0.000000310. The van der Waals surface area contributed by atoms with Crippen molar-refractivity contribution in [2.75, 3.05) is 0 Å². The van der Waals surface area contributed by atoms with Gasteiger partial charge in [-0.25, -0.2) is 0 Å². The van der Waals surface area contributed by atoms with Crippen LogP contribution in [0.1, 0.15) is 222 Å². The summed E-state index contributed by atoms with van der Waals surface area (Å²) in [5.41, 5.74) is -1.80. The average molecular weight is 1340 g/mol. The molecule has 0 aromatic heterocycles. The van der Waals surface area contributed by atoms with Crippen molar-refractivity contribution in [3.05, 3.63) is 95.1 Å². The lowest BCUT2D eigenvalue weighted by atomic mass is 9.70. The third kappa shape index (κ3) is 19.9. The highest BCUT2D eigenvalue weighted by Crippen LogP contribution is 2.48. The molecule has 0 saturated carbocycles. The average Bonchev–Trinajstić information content (AvgIpc) is 0.794. The molecule has 5 aliphatic heterocycles. The van der Waals surface area contributed by atoms with E-state index in [1.54, 1.807) is 32.9 Å². The Morgan fingerprint density at radius 3 is 1.26 bits per heavy atom. The van der Waals surface area contributed by atoms with Crippen molar-refractivity contribution in [3.63, 3.8) is 0 Å². The lowest BCUT2D eigenvalue weighted by molar-refractivity contribution is -0.293. The summed E-state index contributed by atoms with van der Waals surface area (Å²) in [6.07, 6.45) is 1.81. The topological polar surface area (TPSA) is 203 Å². The molecule has 3 N–H and O–H groups in total. The molecule has 7 rings (SSSR count). The molecule has 542 valence electrons. The van der Waals surface area contributed by atoms with E-state index in [0.717, 1.165) is 24.0 Å². The molecular formula is C81H128O15. The van der Waals surface area contributed by atoms with E-state index in [0.29, 0.717) is 61.0 Å². The quantitative estimate of drug-likeness (QED) is 0.169. The van der Waals surface area contributed by atoms with Gasteiger partial charge in [-0.1, -0.05) is 178 Å². The van der Waals surface area contributed by atoms with E-state index < -0.39 is 107 Å². The molecule has 15 nitrogen and oxygen atoms in total. The molecule has 96 heavy (non-hydrogen) atoms. The molecular weight excluding hydrogens is 1210 g/mol. The van der Waals surface area contributed by atoms with Crippen LogP contribution in [0.4, 0.5) is 0 Å². The third-order valence-electron chi connectivity index (χ3n) is 23.3. The fraction of sp³-hybridized carbons (Fsp3) is 0.753. The minimum absolute atomic E-state index is 0.0397. The Morgan fingerprint density at radius 2 is 0.875 bits per heavy atom. The molecule has 3 saturated heterocycles. The van der Waals surface area contributed by atoms with Gasteiger partial charge in [0.25, 0.3) is 0 Å². The van der Waals surface area contributed by atoms with Crippen LogP contribution in [0.3, 0.4) is 0 Å². The zero-order valence-corrected chi connectivity index (χ0v) is 63.3. The Bertz CT molecular complexity index is 2900. The van der Waals surface area contributed by atoms with E-state index in [9.17, 15) is 34.5 Å². The molecule has 0 spiro atoms. The van der Waals surface area contributed by atoms with E-state index in [1.807, 2.05) is 109 Å². The van der Waals surface area contributed by atoms with Crippen LogP contribution in [0.25, 0.3) is 0 Å². The van der Waals surface area contributed by atoms with E-state index in [-0.39, 0.29) is 77.7 Å². The number of aliphatic hydroxyl groups excluding tert-OH is 1. The summed E-state index contributed by atoms with van der Waals surface area (Å²) in [6.45, 7) is 48.7. The smallest absolute Gasteiger partial charge is 0.311 e. The number of hydrogen-bond acceptors (Lipinski definition) is 15. The van der Waals surface area contributed by atoms with Crippen molar-refractivity contribution >= 4 is 23.5 Å². The summed E-state index contributed by atoms with van der Waals surface area (Å²) in [6, 6.07) is 19.1. The molecule has 0 bridgehead atoms. The Morgan fingerprint density at radius 1 is 0.490 bits per heavy atom. The molecule has 25 atom stereocenters. The number of ketones is 2. The maximum absolute atomic E-state index is 14.5. The second-order valence-electron chi connectivity index (χ2n) is 33.1. The van der Waals surface area contributed by atoms with Crippen molar-refractivity contribution < 1.29 is 72.4 Å². The number of aliphatic hydroxyl groups is 3. The number of allylic oxidation sites excluding steroid dienone is 2. The van der Waals surface area contributed by atoms with Gasteiger partial charge in [0.15, 0.2) is 30.4 Å². The first kappa shape index (κ1) is 80.8. The van der Waals surface area contributed by atoms with Gasteiger partial charge < -0.3 is 53.2 Å². The molecule has 5 aliphatic rings. The van der Waals surface area contributed by atoms with Gasteiger partial charge in [-0.15, -0.1) is 0 Å². The van der Waals surface area contributed by atoms with Crippen LogP contribution in [-0.2, 0) is 69.9 Å². The second kappa shape index (κ2) is 33.5. The van der Waals surface area contributed by atoms with Gasteiger partial charge in [0, 0.05) is 54.8 Å². The number of esters is 2. The van der Waals surface area contributed by atoms with Crippen molar-refractivity contribution in [2.45, 2.75) is 309 Å². The zero-order valence-electron chi connectivity index (χ0n) is 63.3. The van der Waals surface area contributed by atoms with Crippen LogP contribution in [0.2, 0.25) is 0 Å². The van der Waals surface area contributed by atoms with Crippen molar-refractivity contribution in [3.8, 4) is 0 Å². The minimum atomic E-state index is -1.62. The van der Waals surface area contributed by atoms with Gasteiger partial charge in [-0.2, -0.15) is 0 Å². The van der Waals surface area contributed by atoms with Crippen molar-refractivity contribution in [1.82, 2.24) is 0 Å². The van der Waals surface area contributed by atoms with Crippen LogP contribution in [0.15, 0.2) is 84.0 Å². The van der Waals surface area contributed by atoms with Crippen LogP contribution >= 0.6 is 0 Å². The Labute approximate surface area is 578 Å².